The summed E-state index contributed by atoms with van der Waals surface area (Å²) in [5.74, 6) is 0. The molecule has 1 atom stereocenters. The van der Waals surface area contributed by atoms with E-state index in [1.54, 1.807) is 0 Å². The van der Waals surface area contributed by atoms with Crippen LogP contribution in [0.5, 0.6) is 0 Å². The van der Waals surface area contributed by atoms with Crippen LogP contribution in [0.25, 0.3) is 0 Å². The summed E-state index contributed by atoms with van der Waals surface area (Å²) in [5, 5.41) is 0. The quantitative estimate of drug-likeness (QED) is 0.477. The van der Waals surface area contributed by atoms with Crippen LogP contribution in [0.15, 0.2) is 0 Å². The minimum atomic E-state index is -4.28. The molecule has 0 aliphatic heterocycles. The smallest absolute Gasteiger partial charge is 0.241 e. The van der Waals surface area contributed by atoms with Crippen molar-refractivity contribution in [1.29, 1.82) is 0 Å². The van der Waals surface area contributed by atoms with Crippen LogP contribution in [-0.2, 0) is 0 Å². The third-order valence-electron chi connectivity index (χ3n) is 1.46. The molecule has 0 aliphatic rings. The molecule has 6 heteroatoms. The van der Waals surface area contributed by atoms with E-state index in [2.05, 4.69) is 0 Å². The summed E-state index contributed by atoms with van der Waals surface area (Å²) >= 11 is 0. The number of rotatable bonds is 5. The SMILES string of the molecule is FC(F)C(F)CCCCC(F)(F)F. The van der Waals surface area contributed by atoms with Crippen LogP contribution >= 0.6 is 0 Å². The Labute approximate surface area is 71.9 Å². The molecule has 0 aromatic heterocycles. The average molecular weight is 208 g/mol. The van der Waals surface area contributed by atoms with Gasteiger partial charge in [0.2, 0.25) is 0 Å². The third-order valence-corrected chi connectivity index (χ3v) is 1.46. The highest BCUT2D eigenvalue weighted by Crippen LogP contribution is 2.23. The number of hydrogen-bond acceptors (Lipinski definition) is 0. The lowest BCUT2D eigenvalue weighted by Gasteiger charge is -2.07. The maximum absolute atomic E-state index is 12.1. The van der Waals surface area contributed by atoms with Gasteiger partial charge in [0, 0.05) is 6.42 Å². The van der Waals surface area contributed by atoms with E-state index >= 15 is 0 Å². The van der Waals surface area contributed by atoms with E-state index in [4.69, 9.17) is 0 Å². The zero-order valence-corrected chi connectivity index (χ0v) is 6.75. The van der Waals surface area contributed by atoms with Crippen molar-refractivity contribution in [2.75, 3.05) is 0 Å². The summed E-state index contributed by atoms with van der Waals surface area (Å²) in [6.45, 7) is 0. The van der Waals surface area contributed by atoms with Crippen molar-refractivity contribution in [2.24, 2.45) is 0 Å². The molecule has 0 amide bonds. The molecule has 0 nitrogen and oxygen atoms in total. The molecule has 0 N–H and O–H groups in total. The third kappa shape index (κ3) is 7.93. The molecule has 0 rings (SSSR count). The molecule has 0 aromatic rings. The summed E-state index contributed by atoms with van der Waals surface area (Å²) in [5.41, 5.74) is 0. The van der Waals surface area contributed by atoms with Gasteiger partial charge >= 0.3 is 6.18 Å². The molecule has 0 saturated heterocycles. The Hall–Kier alpha value is -0.420. The molecule has 13 heavy (non-hydrogen) atoms. The summed E-state index contributed by atoms with van der Waals surface area (Å²) in [4.78, 5) is 0. The summed E-state index contributed by atoms with van der Waals surface area (Å²) in [7, 11) is 0. The van der Waals surface area contributed by atoms with E-state index in [-0.39, 0.29) is 12.8 Å². The van der Waals surface area contributed by atoms with Gasteiger partial charge in [0.05, 0.1) is 0 Å². The van der Waals surface area contributed by atoms with Crippen LogP contribution in [-0.4, -0.2) is 18.8 Å². The van der Waals surface area contributed by atoms with E-state index in [1.807, 2.05) is 0 Å². The first-order valence-corrected chi connectivity index (χ1v) is 3.82. The van der Waals surface area contributed by atoms with E-state index in [0.29, 0.717) is 0 Å². The van der Waals surface area contributed by atoms with E-state index < -0.39 is 31.6 Å². The van der Waals surface area contributed by atoms with Crippen molar-refractivity contribution in [3.8, 4) is 0 Å². The van der Waals surface area contributed by atoms with Gasteiger partial charge in [0.25, 0.3) is 6.43 Å². The number of hydrogen-bond donors (Lipinski definition) is 0. The largest absolute Gasteiger partial charge is 0.389 e. The molecule has 0 aliphatic carbocycles. The van der Waals surface area contributed by atoms with Crippen molar-refractivity contribution in [3.63, 3.8) is 0 Å². The van der Waals surface area contributed by atoms with Crippen LogP contribution in [0.1, 0.15) is 25.7 Å². The second-order valence-electron chi connectivity index (χ2n) is 2.71. The second kappa shape index (κ2) is 5.34. The Kier molecular flexibility index (Phi) is 5.17. The predicted octanol–water partition coefficient (Wildman–Crippen LogP) is 3.71. The van der Waals surface area contributed by atoms with E-state index in [0.717, 1.165) is 0 Å². The lowest BCUT2D eigenvalue weighted by atomic mass is 10.1. The molecule has 80 valence electrons. The molecule has 0 aromatic carbocycles. The fourth-order valence-electron chi connectivity index (χ4n) is 0.791. The summed E-state index contributed by atoms with van der Waals surface area (Å²) in [6.07, 6.45) is -11.7. The molecule has 0 bridgehead atoms. The van der Waals surface area contributed by atoms with Crippen LogP contribution in [0.3, 0.4) is 0 Å². The van der Waals surface area contributed by atoms with Gasteiger partial charge in [-0.1, -0.05) is 0 Å². The standard InChI is InChI=1S/C7H10F6/c8-5(6(9)10)3-1-2-4-7(11,12)13/h5-6H,1-4H2. The molecular formula is C7H10F6. The number of halogens is 6. The summed E-state index contributed by atoms with van der Waals surface area (Å²) in [6, 6.07) is 0. The minimum absolute atomic E-state index is 0.162. The zero-order chi connectivity index (χ0) is 10.5. The number of alkyl halides is 6. The van der Waals surface area contributed by atoms with Gasteiger partial charge in [-0.25, -0.2) is 13.2 Å². The van der Waals surface area contributed by atoms with Gasteiger partial charge in [-0.15, -0.1) is 0 Å². The highest BCUT2D eigenvalue weighted by Gasteiger charge is 2.26. The highest BCUT2D eigenvalue weighted by molar-refractivity contribution is 4.59. The fraction of sp³-hybridized carbons (Fsp3) is 1.00. The van der Waals surface area contributed by atoms with Crippen LogP contribution in [0, 0.1) is 0 Å². The van der Waals surface area contributed by atoms with Gasteiger partial charge in [-0.05, 0) is 19.3 Å². The van der Waals surface area contributed by atoms with Crippen LogP contribution < -0.4 is 0 Å². The second-order valence-corrected chi connectivity index (χ2v) is 2.71. The fourth-order valence-corrected chi connectivity index (χ4v) is 0.791. The van der Waals surface area contributed by atoms with E-state index in [1.165, 1.54) is 0 Å². The topological polar surface area (TPSA) is 0 Å². The van der Waals surface area contributed by atoms with Crippen LogP contribution in [0.2, 0.25) is 0 Å². The Morgan fingerprint density at radius 2 is 1.46 bits per heavy atom. The van der Waals surface area contributed by atoms with Crippen molar-refractivity contribution < 1.29 is 26.3 Å². The molecule has 1 unspecified atom stereocenters. The van der Waals surface area contributed by atoms with Gasteiger partial charge in [-0.3, -0.25) is 0 Å². The Bertz CT molecular complexity index is 129. The van der Waals surface area contributed by atoms with Gasteiger partial charge in [-0.2, -0.15) is 13.2 Å². The monoisotopic (exact) mass is 208 g/mol. The van der Waals surface area contributed by atoms with Crippen molar-refractivity contribution in [1.82, 2.24) is 0 Å². The first-order valence-electron chi connectivity index (χ1n) is 3.82. The van der Waals surface area contributed by atoms with Crippen LogP contribution in [0.4, 0.5) is 26.3 Å². The molecule has 0 spiro atoms. The molecule has 0 saturated carbocycles. The van der Waals surface area contributed by atoms with Crippen molar-refractivity contribution in [2.45, 2.75) is 44.5 Å². The maximum atomic E-state index is 12.1. The molecule has 0 fully saturated rings. The molecule has 0 heterocycles. The van der Waals surface area contributed by atoms with Gasteiger partial charge in [0.1, 0.15) is 0 Å². The van der Waals surface area contributed by atoms with E-state index in [9.17, 15) is 26.3 Å². The average Bonchev–Trinajstić information content (AvgIpc) is 1.95. The maximum Gasteiger partial charge on any atom is 0.389 e. The predicted molar refractivity (Wildman–Crippen MR) is 35.4 cm³/mol. The van der Waals surface area contributed by atoms with Crippen molar-refractivity contribution >= 4 is 0 Å². The lowest BCUT2D eigenvalue weighted by Crippen LogP contribution is -2.12. The summed E-state index contributed by atoms with van der Waals surface area (Å²) < 4.78 is 69.6. The van der Waals surface area contributed by atoms with Gasteiger partial charge < -0.3 is 0 Å². The Morgan fingerprint density at radius 1 is 0.923 bits per heavy atom. The first kappa shape index (κ1) is 12.6. The highest BCUT2D eigenvalue weighted by atomic mass is 19.4. The Morgan fingerprint density at radius 3 is 1.85 bits per heavy atom. The molecule has 0 radical (unpaired) electrons. The normalized spacial score (nSPS) is 15.0. The number of unbranched alkanes of at least 4 members (excludes halogenated alkanes) is 1. The molecular weight excluding hydrogens is 198 g/mol. The lowest BCUT2D eigenvalue weighted by molar-refractivity contribution is -0.135. The van der Waals surface area contributed by atoms with Crippen molar-refractivity contribution in [3.05, 3.63) is 0 Å². The first-order chi connectivity index (χ1) is 5.83. The minimum Gasteiger partial charge on any atom is -0.241 e. The zero-order valence-electron chi connectivity index (χ0n) is 6.75. The Balaban J connectivity index is 3.36. The van der Waals surface area contributed by atoms with Gasteiger partial charge in [0.15, 0.2) is 6.17 Å².